The number of hydrogen-bond donors (Lipinski definition) is 3. The molecule has 2 amide bonds. The molecule has 146 valence electrons. The van der Waals surface area contributed by atoms with Crippen LogP contribution in [0.1, 0.15) is 15.9 Å². The maximum absolute atomic E-state index is 12.3. The summed E-state index contributed by atoms with van der Waals surface area (Å²) in [6.45, 7) is 0. The first-order chi connectivity index (χ1) is 14.0. The molecule has 7 heteroatoms. The molecule has 3 aromatic carbocycles. The van der Waals surface area contributed by atoms with Crippen molar-refractivity contribution in [1.82, 2.24) is 5.32 Å². The van der Waals surface area contributed by atoms with E-state index in [1.807, 2.05) is 36.4 Å². The van der Waals surface area contributed by atoms with Gasteiger partial charge in [0.05, 0.1) is 12.0 Å². The van der Waals surface area contributed by atoms with Crippen LogP contribution in [0.15, 0.2) is 83.3 Å². The van der Waals surface area contributed by atoms with Crippen LogP contribution < -0.4 is 16.0 Å². The fraction of sp³-hybridized carbons (Fsp3) is 0.0455. The number of carbonyl (C=O) groups excluding carboxylic acids is 2. The van der Waals surface area contributed by atoms with Crippen LogP contribution in [0.25, 0.3) is 0 Å². The van der Waals surface area contributed by atoms with E-state index in [2.05, 4.69) is 31.9 Å². The molecule has 0 unspecified atom stereocenters. The van der Waals surface area contributed by atoms with Crippen molar-refractivity contribution in [3.63, 3.8) is 0 Å². The number of halogens is 1. The Morgan fingerprint density at radius 2 is 1.48 bits per heavy atom. The molecule has 0 fully saturated rings. The van der Waals surface area contributed by atoms with Gasteiger partial charge in [-0.15, -0.1) is 0 Å². The van der Waals surface area contributed by atoms with Gasteiger partial charge in [-0.2, -0.15) is 0 Å². The second kappa shape index (κ2) is 9.95. The van der Waals surface area contributed by atoms with E-state index in [0.29, 0.717) is 27.8 Å². The Bertz CT molecular complexity index is 1040. The van der Waals surface area contributed by atoms with Crippen LogP contribution in [0.3, 0.4) is 0 Å². The Kier molecular flexibility index (Phi) is 7.10. The van der Waals surface area contributed by atoms with Crippen LogP contribution in [-0.4, -0.2) is 16.9 Å². The molecule has 3 rings (SSSR count). The Hall–Kier alpha value is -3.03. The highest BCUT2D eigenvalue weighted by Crippen LogP contribution is 2.17. The zero-order valence-corrected chi connectivity index (χ0v) is 17.7. The number of amides is 2. The average molecular weight is 468 g/mol. The first-order valence-electron chi connectivity index (χ1n) is 8.82. The summed E-state index contributed by atoms with van der Waals surface area (Å²) in [6, 6.07) is 23.7. The van der Waals surface area contributed by atoms with Gasteiger partial charge in [0.25, 0.3) is 5.91 Å². The third kappa shape index (κ3) is 6.23. The number of rotatable bonds is 5. The summed E-state index contributed by atoms with van der Waals surface area (Å²) in [6.07, 6.45) is 0.291. The first-order valence-corrected chi connectivity index (χ1v) is 10.0. The predicted molar refractivity (Wildman–Crippen MR) is 123 cm³/mol. The quantitative estimate of drug-likeness (QED) is 0.473. The molecule has 0 aliphatic heterocycles. The molecule has 0 aliphatic carbocycles. The SMILES string of the molecule is O=C(Cc1ccccc1)Nc1cccc(NC(=S)NC(=O)c2ccccc2Br)c1. The van der Waals surface area contributed by atoms with Crippen molar-refractivity contribution in [2.24, 2.45) is 0 Å². The van der Waals surface area contributed by atoms with Crippen LogP contribution >= 0.6 is 28.1 Å². The van der Waals surface area contributed by atoms with Gasteiger partial charge in [0.1, 0.15) is 0 Å². The standard InChI is InChI=1S/C22H18BrN3O2S/c23-19-12-5-4-11-18(19)21(28)26-22(29)25-17-10-6-9-16(14-17)24-20(27)13-15-7-2-1-3-8-15/h1-12,14H,13H2,(H,24,27)(H2,25,26,28,29). The average Bonchev–Trinajstić information content (AvgIpc) is 2.69. The normalized spacial score (nSPS) is 10.1. The molecule has 0 radical (unpaired) electrons. The van der Waals surface area contributed by atoms with Crippen LogP contribution in [0.5, 0.6) is 0 Å². The molecule has 0 atom stereocenters. The summed E-state index contributed by atoms with van der Waals surface area (Å²) in [5.74, 6) is -0.430. The molecule has 3 N–H and O–H groups in total. The van der Waals surface area contributed by atoms with E-state index in [1.165, 1.54) is 0 Å². The van der Waals surface area contributed by atoms with Gasteiger partial charge in [0, 0.05) is 15.8 Å². The lowest BCUT2D eigenvalue weighted by Crippen LogP contribution is -2.34. The van der Waals surface area contributed by atoms with Crippen molar-refractivity contribution in [3.05, 3.63) is 94.5 Å². The minimum Gasteiger partial charge on any atom is -0.332 e. The van der Waals surface area contributed by atoms with E-state index in [9.17, 15) is 9.59 Å². The molecule has 5 nitrogen and oxygen atoms in total. The second-order valence-corrected chi connectivity index (χ2v) is 7.44. The van der Waals surface area contributed by atoms with E-state index < -0.39 is 0 Å². The molecular formula is C22H18BrN3O2S. The molecule has 0 bridgehead atoms. The fourth-order valence-corrected chi connectivity index (χ4v) is 3.31. The molecule has 0 aliphatic rings. The minimum absolute atomic E-state index is 0.113. The second-order valence-electron chi connectivity index (χ2n) is 6.18. The van der Waals surface area contributed by atoms with Gasteiger partial charge >= 0.3 is 0 Å². The van der Waals surface area contributed by atoms with Gasteiger partial charge in [-0.25, -0.2) is 0 Å². The minimum atomic E-state index is -0.317. The third-order valence-corrected chi connectivity index (χ3v) is 4.85. The van der Waals surface area contributed by atoms with E-state index in [0.717, 1.165) is 5.56 Å². The highest BCUT2D eigenvalue weighted by atomic mass is 79.9. The third-order valence-electron chi connectivity index (χ3n) is 3.96. The zero-order chi connectivity index (χ0) is 20.6. The van der Waals surface area contributed by atoms with Crippen LogP contribution in [0.2, 0.25) is 0 Å². The van der Waals surface area contributed by atoms with Crippen LogP contribution in [0, 0.1) is 0 Å². The molecule has 29 heavy (non-hydrogen) atoms. The van der Waals surface area contributed by atoms with Crippen molar-refractivity contribution in [2.45, 2.75) is 6.42 Å². The van der Waals surface area contributed by atoms with Crippen molar-refractivity contribution in [2.75, 3.05) is 10.6 Å². The molecule has 0 spiro atoms. The number of hydrogen-bond acceptors (Lipinski definition) is 3. The van der Waals surface area contributed by atoms with Crippen LogP contribution in [0.4, 0.5) is 11.4 Å². The Balaban J connectivity index is 1.58. The van der Waals surface area contributed by atoms with Gasteiger partial charge in [-0.1, -0.05) is 48.5 Å². The Morgan fingerprint density at radius 3 is 2.21 bits per heavy atom. The molecule has 0 heterocycles. The lowest BCUT2D eigenvalue weighted by atomic mass is 10.1. The predicted octanol–water partition coefficient (Wildman–Crippen LogP) is 4.76. The summed E-state index contributed by atoms with van der Waals surface area (Å²) in [5.41, 5.74) is 2.71. The van der Waals surface area contributed by atoms with Crippen LogP contribution in [-0.2, 0) is 11.2 Å². The number of carbonyl (C=O) groups is 2. The molecule has 0 saturated heterocycles. The Labute approximate surface area is 182 Å². The monoisotopic (exact) mass is 467 g/mol. The number of benzene rings is 3. The highest BCUT2D eigenvalue weighted by Gasteiger charge is 2.11. The Morgan fingerprint density at radius 1 is 0.828 bits per heavy atom. The lowest BCUT2D eigenvalue weighted by Gasteiger charge is -2.12. The van der Waals surface area contributed by atoms with Crippen molar-refractivity contribution in [1.29, 1.82) is 0 Å². The summed E-state index contributed by atoms with van der Waals surface area (Å²) < 4.78 is 0.684. The van der Waals surface area contributed by atoms with Gasteiger partial charge in [-0.3, -0.25) is 14.9 Å². The number of anilines is 2. The first kappa shape index (κ1) is 20.7. The van der Waals surface area contributed by atoms with E-state index in [-0.39, 0.29) is 16.9 Å². The maximum atomic E-state index is 12.3. The fourth-order valence-electron chi connectivity index (χ4n) is 2.64. The lowest BCUT2D eigenvalue weighted by molar-refractivity contribution is -0.115. The summed E-state index contributed by atoms with van der Waals surface area (Å²) in [4.78, 5) is 24.6. The van der Waals surface area contributed by atoms with E-state index in [1.54, 1.807) is 42.5 Å². The molecule has 3 aromatic rings. The largest absolute Gasteiger partial charge is 0.332 e. The number of nitrogens with one attached hydrogen (secondary N) is 3. The highest BCUT2D eigenvalue weighted by molar-refractivity contribution is 9.10. The van der Waals surface area contributed by atoms with Gasteiger partial charge in [0.15, 0.2) is 5.11 Å². The van der Waals surface area contributed by atoms with E-state index >= 15 is 0 Å². The smallest absolute Gasteiger partial charge is 0.258 e. The summed E-state index contributed by atoms with van der Waals surface area (Å²) in [7, 11) is 0. The van der Waals surface area contributed by atoms with Gasteiger partial charge in [0.2, 0.25) is 5.91 Å². The van der Waals surface area contributed by atoms with Crippen molar-refractivity contribution >= 4 is 56.4 Å². The van der Waals surface area contributed by atoms with E-state index in [4.69, 9.17) is 12.2 Å². The zero-order valence-electron chi connectivity index (χ0n) is 15.3. The molecule has 0 saturated carbocycles. The molecule has 0 aromatic heterocycles. The summed E-state index contributed by atoms with van der Waals surface area (Å²) in [5, 5.41) is 8.63. The van der Waals surface area contributed by atoms with Gasteiger partial charge in [-0.05, 0) is 64.0 Å². The molecular weight excluding hydrogens is 450 g/mol. The topological polar surface area (TPSA) is 70.2 Å². The van der Waals surface area contributed by atoms with Crippen molar-refractivity contribution in [3.8, 4) is 0 Å². The maximum Gasteiger partial charge on any atom is 0.258 e. The van der Waals surface area contributed by atoms with Crippen molar-refractivity contribution < 1.29 is 9.59 Å². The summed E-state index contributed by atoms with van der Waals surface area (Å²) >= 11 is 8.57. The van der Waals surface area contributed by atoms with Gasteiger partial charge < -0.3 is 10.6 Å². The number of thiocarbonyl (C=S) groups is 1.